The van der Waals surface area contributed by atoms with Gasteiger partial charge in [-0.15, -0.1) is 0 Å². The highest BCUT2D eigenvalue weighted by Gasteiger charge is 2.05. The second-order valence-corrected chi connectivity index (χ2v) is 5.11. The first-order valence-electron chi connectivity index (χ1n) is 6.11. The lowest BCUT2D eigenvalue weighted by Crippen LogP contribution is -2.06. The van der Waals surface area contributed by atoms with Crippen molar-refractivity contribution >= 4 is 21.6 Å². The van der Waals surface area contributed by atoms with Crippen LogP contribution in [-0.4, -0.2) is 19.7 Å². The largest absolute Gasteiger partial charge is 0.378 e. The number of rotatable bonds is 4. The average Bonchev–Trinajstić information content (AvgIpc) is 3.01. The van der Waals surface area contributed by atoms with Crippen molar-refractivity contribution in [2.75, 3.05) is 5.32 Å². The van der Waals surface area contributed by atoms with E-state index < -0.39 is 0 Å². The van der Waals surface area contributed by atoms with E-state index in [0.29, 0.717) is 0 Å². The fourth-order valence-electron chi connectivity index (χ4n) is 1.83. The summed E-state index contributed by atoms with van der Waals surface area (Å²) >= 11 is 3.43. The van der Waals surface area contributed by atoms with E-state index in [1.165, 1.54) is 11.9 Å². The number of hydrogen-bond donors (Lipinski definition) is 1. The Morgan fingerprint density at radius 2 is 2.00 bits per heavy atom. The summed E-state index contributed by atoms with van der Waals surface area (Å²) in [4.78, 5) is 8.28. The number of anilines is 1. The fraction of sp³-hybridized carbons (Fsp3) is 0.0714. The van der Waals surface area contributed by atoms with Crippen LogP contribution in [0.25, 0.3) is 5.82 Å². The maximum absolute atomic E-state index is 4.34. The van der Waals surface area contributed by atoms with Gasteiger partial charge in [0.05, 0.1) is 5.69 Å². The highest BCUT2D eigenvalue weighted by atomic mass is 79.9. The molecule has 2 aromatic heterocycles. The molecule has 5 nitrogen and oxygen atoms in total. The molecule has 0 bridgehead atoms. The molecule has 100 valence electrons. The summed E-state index contributed by atoms with van der Waals surface area (Å²) in [6, 6.07) is 12.1. The molecular weight excluding hydrogens is 318 g/mol. The molecule has 0 amide bonds. The van der Waals surface area contributed by atoms with E-state index in [2.05, 4.69) is 48.4 Å². The Bertz CT molecular complexity index is 679. The maximum Gasteiger partial charge on any atom is 0.178 e. The van der Waals surface area contributed by atoms with Gasteiger partial charge in [0.25, 0.3) is 0 Å². The molecule has 20 heavy (non-hydrogen) atoms. The van der Waals surface area contributed by atoms with E-state index in [1.54, 1.807) is 17.2 Å². The number of pyridine rings is 1. The molecule has 2 heterocycles. The third-order valence-corrected chi connectivity index (χ3v) is 3.35. The van der Waals surface area contributed by atoms with Crippen molar-refractivity contribution in [3.05, 3.63) is 65.3 Å². The Hall–Kier alpha value is -2.21. The summed E-state index contributed by atoms with van der Waals surface area (Å²) in [5.41, 5.74) is 2.11. The van der Waals surface area contributed by atoms with E-state index in [0.717, 1.165) is 22.5 Å². The number of hydrogen-bond acceptors (Lipinski definition) is 4. The number of halogens is 1. The van der Waals surface area contributed by atoms with Crippen molar-refractivity contribution in [2.45, 2.75) is 6.54 Å². The minimum absolute atomic E-state index is 0.723. The molecule has 6 heteroatoms. The van der Waals surface area contributed by atoms with Crippen molar-refractivity contribution in [3.8, 4) is 5.82 Å². The van der Waals surface area contributed by atoms with Gasteiger partial charge < -0.3 is 5.32 Å². The fourth-order valence-corrected chi connectivity index (χ4v) is 2.10. The Labute approximate surface area is 124 Å². The number of benzene rings is 1. The first-order valence-corrected chi connectivity index (χ1v) is 6.90. The monoisotopic (exact) mass is 329 g/mol. The molecule has 0 aliphatic heterocycles. The van der Waals surface area contributed by atoms with Gasteiger partial charge in [-0.05, 0) is 29.8 Å². The van der Waals surface area contributed by atoms with E-state index >= 15 is 0 Å². The van der Waals surface area contributed by atoms with Gasteiger partial charge in [-0.3, -0.25) is 0 Å². The smallest absolute Gasteiger partial charge is 0.178 e. The minimum atomic E-state index is 0.723. The standard InChI is InChI=1S/C14H12BrN5/c15-12-5-3-11(4-6-12)8-18-13-2-1-7-17-14(13)20-10-16-9-19-20/h1-7,9-10,18H,8H2. The van der Waals surface area contributed by atoms with Crippen molar-refractivity contribution in [1.82, 2.24) is 19.7 Å². The molecule has 0 unspecified atom stereocenters. The topological polar surface area (TPSA) is 55.6 Å². The Morgan fingerprint density at radius 3 is 2.75 bits per heavy atom. The van der Waals surface area contributed by atoms with Gasteiger partial charge in [-0.2, -0.15) is 5.10 Å². The van der Waals surface area contributed by atoms with Crippen LogP contribution >= 0.6 is 15.9 Å². The number of nitrogens with zero attached hydrogens (tertiary/aromatic N) is 4. The van der Waals surface area contributed by atoms with Crippen LogP contribution in [0.1, 0.15) is 5.56 Å². The van der Waals surface area contributed by atoms with Crippen LogP contribution in [0, 0.1) is 0 Å². The predicted molar refractivity (Wildman–Crippen MR) is 80.6 cm³/mol. The van der Waals surface area contributed by atoms with Crippen LogP contribution in [0.3, 0.4) is 0 Å². The number of aromatic nitrogens is 4. The molecule has 3 rings (SSSR count). The summed E-state index contributed by atoms with van der Waals surface area (Å²) < 4.78 is 2.72. The van der Waals surface area contributed by atoms with Gasteiger partial charge in [0.15, 0.2) is 5.82 Å². The number of nitrogens with one attached hydrogen (secondary N) is 1. The average molecular weight is 330 g/mol. The predicted octanol–water partition coefficient (Wildman–Crippen LogP) is 3.04. The molecule has 0 aliphatic carbocycles. The zero-order chi connectivity index (χ0) is 13.8. The van der Waals surface area contributed by atoms with Crippen LogP contribution in [0.4, 0.5) is 5.69 Å². The zero-order valence-electron chi connectivity index (χ0n) is 10.6. The molecule has 3 aromatic rings. The van der Waals surface area contributed by atoms with Gasteiger partial charge in [0.1, 0.15) is 12.7 Å². The summed E-state index contributed by atoms with van der Waals surface area (Å²) in [7, 11) is 0. The minimum Gasteiger partial charge on any atom is -0.378 e. The second kappa shape index (κ2) is 5.83. The van der Waals surface area contributed by atoms with Crippen LogP contribution in [0.5, 0.6) is 0 Å². The van der Waals surface area contributed by atoms with Crippen molar-refractivity contribution in [2.24, 2.45) is 0 Å². The molecule has 0 fully saturated rings. The first-order chi connectivity index (χ1) is 9.83. The lowest BCUT2D eigenvalue weighted by Gasteiger charge is -2.10. The molecule has 0 spiro atoms. The molecular formula is C14H12BrN5. The molecule has 0 atom stereocenters. The van der Waals surface area contributed by atoms with E-state index in [-0.39, 0.29) is 0 Å². The van der Waals surface area contributed by atoms with Gasteiger partial charge >= 0.3 is 0 Å². The van der Waals surface area contributed by atoms with Crippen LogP contribution in [-0.2, 0) is 6.54 Å². The van der Waals surface area contributed by atoms with Crippen LogP contribution < -0.4 is 5.32 Å². The second-order valence-electron chi connectivity index (χ2n) is 4.19. The lowest BCUT2D eigenvalue weighted by molar-refractivity contribution is 0.844. The van der Waals surface area contributed by atoms with Gasteiger partial charge in [0, 0.05) is 17.2 Å². The van der Waals surface area contributed by atoms with Crippen molar-refractivity contribution in [3.63, 3.8) is 0 Å². The van der Waals surface area contributed by atoms with E-state index in [4.69, 9.17) is 0 Å². The highest BCUT2D eigenvalue weighted by molar-refractivity contribution is 9.10. The third kappa shape index (κ3) is 2.85. The maximum atomic E-state index is 4.34. The SMILES string of the molecule is Brc1ccc(CNc2cccnc2-n2cncn2)cc1. The normalized spacial score (nSPS) is 10.4. The molecule has 0 saturated carbocycles. The summed E-state index contributed by atoms with van der Waals surface area (Å²) in [5, 5.41) is 7.48. The van der Waals surface area contributed by atoms with Gasteiger partial charge in [-0.1, -0.05) is 28.1 Å². The quantitative estimate of drug-likeness (QED) is 0.799. The van der Waals surface area contributed by atoms with Crippen molar-refractivity contribution in [1.29, 1.82) is 0 Å². The molecule has 1 N–H and O–H groups in total. The molecule has 0 radical (unpaired) electrons. The Morgan fingerprint density at radius 1 is 1.15 bits per heavy atom. The molecule has 1 aromatic carbocycles. The lowest BCUT2D eigenvalue weighted by atomic mass is 10.2. The van der Waals surface area contributed by atoms with E-state index in [1.807, 2.05) is 24.3 Å². The third-order valence-electron chi connectivity index (χ3n) is 2.82. The highest BCUT2D eigenvalue weighted by Crippen LogP contribution is 2.17. The first kappa shape index (κ1) is 12.8. The van der Waals surface area contributed by atoms with Crippen LogP contribution in [0.2, 0.25) is 0 Å². The van der Waals surface area contributed by atoms with Crippen molar-refractivity contribution < 1.29 is 0 Å². The molecule has 0 aliphatic rings. The van der Waals surface area contributed by atoms with Crippen LogP contribution in [0.15, 0.2) is 59.7 Å². The molecule has 0 saturated heterocycles. The van der Waals surface area contributed by atoms with Gasteiger partial charge in [0.2, 0.25) is 0 Å². The summed E-state index contributed by atoms with van der Waals surface area (Å²) in [5.74, 6) is 0.738. The van der Waals surface area contributed by atoms with E-state index in [9.17, 15) is 0 Å². The zero-order valence-corrected chi connectivity index (χ0v) is 12.2. The summed E-state index contributed by atoms with van der Waals surface area (Å²) in [6.45, 7) is 0.723. The van der Waals surface area contributed by atoms with Gasteiger partial charge in [-0.25, -0.2) is 14.6 Å². The Balaban J connectivity index is 1.79. The summed E-state index contributed by atoms with van der Waals surface area (Å²) in [6.07, 6.45) is 4.86. The Kier molecular flexibility index (Phi) is 3.73.